The van der Waals surface area contributed by atoms with Crippen LogP contribution in [-0.4, -0.2) is 91.6 Å². The van der Waals surface area contributed by atoms with Crippen molar-refractivity contribution in [3.63, 3.8) is 0 Å². The zero-order valence-corrected chi connectivity index (χ0v) is 33.6. The summed E-state index contributed by atoms with van der Waals surface area (Å²) in [6.45, 7) is 8.75. The fourth-order valence-corrected chi connectivity index (χ4v) is 8.05. The quantitative estimate of drug-likeness (QED) is 0.134. The molecule has 58 heavy (non-hydrogen) atoms. The molecule has 2 fully saturated rings. The Balaban J connectivity index is 1.33. The lowest BCUT2D eigenvalue weighted by Gasteiger charge is -2.30. The third kappa shape index (κ3) is 9.24. The van der Waals surface area contributed by atoms with Crippen LogP contribution in [0, 0.1) is 5.92 Å². The molecule has 1 saturated carbocycles. The Morgan fingerprint density at radius 3 is 2.34 bits per heavy atom. The van der Waals surface area contributed by atoms with E-state index in [1.807, 2.05) is 36.4 Å². The minimum Gasteiger partial charge on any atom is -0.497 e. The van der Waals surface area contributed by atoms with Crippen LogP contribution in [0.3, 0.4) is 0 Å². The summed E-state index contributed by atoms with van der Waals surface area (Å²) in [5, 5.41) is 6.03. The molecule has 4 amide bonds. The number of amides is 4. The molecular formula is C42H48N6O9S. The number of carbonyl (C=O) groups is 4. The van der Waals surface area contributed by atoms with Crippen molar-refractivity contribution in [1.82, 2.24) is 25.2 Å². The smallest absolute Gasteiger partial charge is 0.408 e. The number of hydrogen-bond donors (Lipinski definition) is 4. The summed E-state index contributed by atoms with van der Waals surface area (Å²) in [6, 6.07) is 21.6. The van der Waals surface area contributed by atoms with Crippen molar-refractivity contribution in [2.24, 2.45) is 11.7 Å². The van der Waals surface area contributed by atoms with Crippen LogP contribution in [0.5, 0.6) is 11.5 Å². The van der Waals surface area contributed by atoms with Crippen molar-refractivity contribution in [3.05, 3.63) is 97.6 Å². The standard InChI is InChI=1S/C42H48N6O9S/c1-6-27-24-42(27,39(51)47-58(53,54)30-15-11-8-12-16-30)46-37(49)35-22-29(25-48(35)38(50)32(19-20-43)45-40(52)57-41(2,3)4)56-36-23-33(26-13-9-7-10-14-26)44-34-21-28(55-5)17-18-31(34)36/h6-18,21,23,27,29,32,35H,1,19-20,22,24-25,43H2,2-5H3,(H,45,52)(H,46,49)(H,47,51)/t27-,29-,32+,35+,42-/m1/s1. The van der Waals surface area contributed by atoms with Crippen LogP contribution in [0.2, 0.25) is 0 Å². The molecule has 6 rings (SSSR count). The zero-order valence-electron chi connectivity index (χ0n) is 32.8. The van der Waals surface area contributed by atoms with Gasteiger partial charge in [-0.25, -0.2) is 22.9 Å². The maximum atomic E-state index is 14.4. The number of methoxy groups -OCH3 is 1. The number of pyridine rings is 1. The van der Waals surface area contributed by atoms with Gasteiger partial charge in [0.1, 0.15) is 40.8 Å². The first-order chi connectivity index (χ1) is 27.6. The number of likely N-dealkylation sites (tertiary alicyclic amines) is 1. The molecule has 306 valence electrons. The first-order valence-electron chi connectivity index (χ1n) is 18.8. The minimum atomic E-state index is -4.29. The predicted molar refractivity (Wildman–Crippen MR) is 216 cm³/mol. The molecule has 1 saturated heterocycles. The van der Waals surface area contributed by atoms with E-state index in [0.717, 1.165) is 5.56 Å². The van der Waals surface area contributed by atoms with E-state index in [-0.39, 0.29) is 37.2 Å². The first kappa shape index (κ1) is 41.6. The van der Waals surface area contributed by atoms with Gasteiger partial charge < -0.3 is 35.5 Å². The number of rotatable bonds is 14. The molecule has 1 aromatic heterocycles. The number of nitrogens with one attached hydrogen (secondary N) is 3. The van der Waals surface area contributed by atoms with Crippen molar-refractivity contribution in [2.45, 2.75) is 74.3 Å². The highest BCUT2D eigenvalue weighted by molar-refractivity contribution is 7.90. The van der Waals surface area contributed by atoms with Gasteiger partial charge in [-0.2, -0.15) is 0 Å². The molecule has 2 heterocycles. The third-order valence-corrected chi connectivity index (χ3v) is 11.3. The molecule has 4 aromatic rings. The Labute approximate surface area is 337 Å². The van der Waals surface area contributed by atoms with Gasteiger partial charge in [0.25, 0.3) is 15.9 Å². The van der Waals surface area contributed by atoms with E-state index >= 15 is 0 Å². The van der Waals surface area contributed by atoms with Crippen molar-refractivity contribution >= 4 is 44.7 Å². The highest BCUT2D eigenvalue weighted by Crippen LogP contribution is 2.45. The van der Waals surface area contributed by atoms with Crippen LogP contribution in [0.15, 0.2) is 102 Å². The van der Waals surface area contributed by atoms with Crippen LogP contribution < -0.4 is 30.6 Å². The summed E-state index contributed by atoms with van der Waals surface area (Å²) in [6.07, 6.45) is -0.0830. The lowest BCUT2D eigenvalue weighted by molar-refractivity contribution is -0.141. The molecule has 5 atom stereocenters. The van der Waals surface area contributed by atoms with Gasteiger partial charge in [0.15, 0.2) is 0 Å². The summed E-state index contributed by atoms with van der Waals surface area (Å²) in [5.41, 5.74) is 5.40. The van der Waals surface area contributed by atoms with E-state index in [2.05, 4.69) is 21.9 Å². The Bertz CT molecular complexity index is 2300. The van der Waals surface area contributed by atoms with Crippen molar-refractivity contribution in [2.75, 3.05) is 20.2 Å². The van der Waals surface area contributed by atoms with Crippen molar-refractivity contribution in [3.8, 4) is 22.8 Å². The molecule has 1 aliphatic carbocycles. The number of sulfonamides is 1. The molecule has 0 unspecified atom stereocenters. The molecular weight excluding hydrogens is 765 g/mol. The Kier molecular flexibility index (Phi) is 12.1. The number of nitrogens with zero attached hydrogens (tertiary/aromatic N) is 2. The molecule has 1 aliphatic heterocycles. The highest BCUT2D eigenvalue weighted by atomic mass is 32.2. The second kappa shape index (κ2) is 16.8. The number of benzene rings is 3. The Hall–Kier alpha value is -6.00. The fourth-order valence-electron chi connectivity index (χ4n) is 6.99. The monoisotopic (exact) mass is 812 g/mol. The first-order valence-corrected chi connectivity index (χ1v) is 20.3. The lowest BCUT2D eigenvalue weighted by atomic mass is 10.1. The molecule has 3 aromatic carbocycles. The third-order valence-electron chi connectivity index (χ3n) is 9.97. The van der Waals surface area contributed by atoms with E-state index < -0.39 is 69.1 Å². The van der Waals surface area contributed by atoms with E-state index in [1.54, 1.807) is 52.1 Å². The summed E-state index contributed by atoms with van der Waals surface area (Å²) < 4.78 is 46.0. The number of hydrogen-bond acceptors (Lipinski definition) is 11. The van der Waals surface area contributed by atoms with Gasteiger partial charge in [0, 0.05) is 35.4 Å². The number of fused-ring (bicyclic) bond motifs is 1. The van der Waals surface area contributed by atoms with E-state index in [0.29, 0.717) is 28.1 Å². The van der Waals surface area contributed by atoms with Gasteiger partial charge in [-0.1, -0.05) is 54.6 Å². The average molecular weight is 813 g/mol. The zero-order chi connectivity index (χ0) is 41.8. The Morgan fingerprint density at radius 2 is 1.72 bits per heavy atom. The van der Waals surface area contributed by atoms with Gasteiger partial charge in [-0.05, 0) is 64.4 Å². The van der Waals surface area contributed by atoms with E-state index in [4.69, 9.17) is 24.9 Å². The van der Waals surface area contributed by atoms with Crippen LogP contribution in [0.4, 0.5) is 4.79 Å². The summed E-state index contributed by atoms with van der Waals surface area (Å²) in [5.74, 6) is -1.88. The minimum absolute atomic E-state index is 0.0196. The molecule has 0 spiro atoms. The Morgan fingerprint density at radius 1 is 1.03 bits per heavy atom. The number of ether oxygens (including phenoxy) is 3. The molecule has 0 radical (unpaired) electrons. The molecule has 2 aliphatic rings. The van der Waals surface area contributed by atoms with Gasteiger partial charge in [0.05, 0.1) is 29.8 Å². The maximum absolute atomic E-state index is 14.4. The predicted octanol–water partition coefficient (Wildman–Crippen LogP) is 4.07. The van der Waals surface area contributed by atoms with Gasteiger partial charge in [-0.3, -0.25) is 14.4 Å². The SMILES string of the molecule is C=C[C@@H]1C[C@]1(NC(=O)[C@@H]1C[C@@H](Oc2cc(-c3ccccc3)nc3cc(OC)ccc23)CN1C(=O)[C@H](CCN)NC(=O)OC(C)(C)C)C(=O)NS(=O)(=O)c1ccccc1. The second-order valence-corrected chi connectivity index (χ2v) is 16.9. The molecule has 15 nitrogen and oxygen atoms in total. The van der Waals surface area contributed by atoms with Gasteiger partial charge >= 0.3 is 6.09 Å². The van der Waals surface area contributed by atoms with Crippen LogP contribution in [0.25, 0.3) is 22.2 Å². The fraction of sp³-hybridized carbons (Fsp3) is 0.357. The highest BCUT2D eigenvalue weighted by Gasteiger charge is 2.61. The number of nitrogens with two attached hydrogens (primary N) is 1. The summed E-state index contributed by atoms with van der Waals surface area (Å²) >= 11 is 0. The normalized spacial score (nSPS) is 20.7. The molecule has 0 bridgehead atoms. The number of carbonyl (C=O) groups excluding carboxylic acids is 4. The number of aromatic nitrogens is 1. The van der Waals surface area contributed by atoms with Crippen LogP contribution in [0.1, 0.15) is 40.0 Å². The van der Waals surface area contributed by atoms with Crippen molar-refractivity contribution in [1.29, 1.82) is 0 Å². The summed E-state index contributed by atoms with van der Waals surface area (Å²) in [7, 11) is -2.74. The van der Waals surface area contributed by atoms with E-state index in [9.17, 15) is 27.6 Å². The second-order valence-electron chi connectivity index (χ2n) is 15.3. The molecule has 5 N–H and O–H groups in total. The van der Waals surface area contributed by atoms with Crippen LogP contribution >= 0.6 is 0 Å². The van der Waals surface area contributed by atoms with Gasteiger partial charge in [-0.15, -0.1) is 6.58 Å². The maximum Gasteiger partial charge on any atom is 0.408 e. The average Bonchev–Trinajstić information content (AvgIpc) is 3.75. The number of alkyl carbamates (subject to hydrolysis) is 1. The van der Waals surface area contributed by atoms with Gasteiger partial charge in [0.2, 0.25) is 11.8 Å². The topological polar surface area (TPSA) is 208 Å². The van der Waals surface area contributed by atoms with Crippen molar-refractivity contribution < 1.29 is 41.8 Å². The molecule has 16 heteroatoms. The van der Waals surface area contributed by atoms with E-state index in [1.165, 1.54) is 35.2 Å². The largest absolute Gasteiger partial charge is 0.497 e. The van der Waals surface area contributed by atoms with Crippen LogP contribution in [-0.2, 0) is 29.1 Å². The summed E-state index contributed by atoms with van der Waals surface area (Å²) in [4.78, 5) is 61.5. The lowest BCUT2D eigenvalue weighted by Crippen LogP contribution is -2.58.